The number of carbonyl (C=O) groups excluding carboxylic acids is 1. The summed E-state index contributed by atoms with van der Waals surface area (Å²) in [6.45, 7) is 3.18. The Bertz CT molecular complexity index is 274. The number of nitrogens with one attached hydrogen (secondary N) is 2. The lowest BCUT2D eigenvalue weighted by atomic mass is 9.80. The summed E-state index contributed by atoms with van der Waals surface area (Å²) in [6.07, 6.45) is -0.0847. The predicted octanol–water partition coefficient (Wildman–Crippen LogP) is -1.06. The Kier molecular flexibility index (Phi) is 4.26. The molecule has 1 atom stereocenters. The van der Waals surface area contributed by atoms with Gasteiger partial charge in [-0.05, 0) is 25.9 Å². The monoisotopic (exact) mass is 230 g/mol. The summed E-state index contributed by atoms with van der Waals surface area (Å²) in [6, 6.07) is 0. The van der Waals surface area contributed by atoms with Crippen molar-refractivity contribution in [3.8, 4) is 0 Å². The zero-order valence-electron chi connectivity index (χ0n) is 9.32. The number of carboxylic acid groups (broad SMARTS) is 1. The molecule has 1 rings (SSSR count). The Hall–Kier alpha value is -1.14. The van der Waals surface area contributed by atoms with Gasteiger partial charge in [0.05, 0.1) is 6.54 Å². The van der Waals surface area contributed by atoms with E-state index in [1.54, 1.807) is 0 Å². The summed E-state index contributed by atoms with van der Waals surface area (Å²) in [4.78, 5) is 22.2. The number of piperidine rings is 1. The highest BCUT2D eigenvalue weighted by Crippen LogP contribution is 2.27. The van der Waals surface area contributed by atoms with Crippen LogP contribution in [0.15, 0.2) is 0 Å². The van der Waals surface area contributed by atoms with Crippen LogP contribution in [-0.4, -0.2) is 47.8 Å². The SMILES string of the molecule is CC1(C(=O)NCC(O)C(=O)O)CCNCC1. The average molecular weight is 230 g/mol. The number of amides is 1. The maximum atomic E-state index is 11.8. The van der Waals surface area contributed by atoms with E-state index < -0.39 is 17.5 Å². The molecule has 0 aromatic heterocycles. The quantitative estimate of drug-likeness (QED) is 0.493. The first-order valence-electron chi connectivity index (χ1n) is 5.35. The van der Waals surface area contributed by atoms with Crippen molar-refractivity contribution in [3.05, 3.63) is 0 Å². The molecule has 16 heavy (non-hydrogen) atoms. The van der Waals surface area contributed by atoms with Crippen LogP contribution in [0, 0.1) is 5.41 Å². The van der Waals surface area contributed by atoms with E-state index in [0.29, 0.717) is 0 Å². The lowest BCUT2D eigenvalue weighted by Crippen LogP contribution is -2.48. The van der Waals surface area contributed by atoms with Crippen molar-refractivity contribution in [3.63, 3.8) is 0 Å². The predicted molar refractivity (Wildman–Crippen MR) is 56.9 cm³/mol. The van der Waals surface area contributed by atoms with Gasteiger partial charge in [-0.15, -0.1) is 0 Å². The third kappa shape index (κ3) is 3.18. The van der Waals surface area contributed by atoms with Crippen LogP contribution in [0.1, 0.15) is 19.8 Å². The Morgan fingerprint density at radius 2 is 2.00 bits per heavy atom. The van der Waals surface area contributed by atoms with Crippen molar-refractivity contribution in [1.82, 2.24) is 10.6 Å². The Labute approximate surface area is 94.0 Å². The molecule has 6 nitrogen and oxygen atoms in total. The molecule has 1 unspecified atom stereocenters. The van der Waals surface area contributed by atoms with E-state index in [1.807, 2.05) is 6.92 Å². The van der Waals surface area contributed by atoms with Gasteiger partial charge in [-0.1, -0.05) is 6.92 Å². The second kappa shape index (κ2) is 5.27. The smallest absolute Gasteiger partial charge is 0.334 e. The van der Waals surface area contributed by atoms with E-state index in [1.165, 1.54) is 0 Å². The van der Waals surface area contributed by atoms with Crippen LogP contribution in [0.25, 0.3) is 0 Å². The second-order valence-corrected chi connectivity index (χ2v) is 4.37. The Balaban J connectivity index is 2.42. The molecule has 0 saturated carbocycles. The van der Waals surface area contributed by atoms with E-state index in [9.17, 15) is 9.59 Å². The zero-order valence-corrected chi connectivity index (χ0v) is 9.32. The molecule has 0 spiro atoms. The molecule has 0 aromatic carbocycles. The van der Waals surface area contributed by atoms with Gasteiger partial charge in [-0.25, -0.2) is 4.79 Å². The first-order valence-corrected chi connectivity index (χ1v) is 5.35. The van der Waals surface area contributed by atoms with Crippen molar-refractivity contribution in [2.75, 3.05) is 19.6 Å². The van der Waals surface area contributed by atoms with Crippen LogP contribution in [0.2, 0.25) is 0 Å². The molecule has 1 heterocycles. The van der Waals surface area contributed by atoms with Crippen LogP contribution < -0.4 is 10.6 Å². The lowest BCUT2D eigenvalue weighted by molar-refractivity contribution is -0.146. The van der Waals surface area contributed by atoms with Crippen LogP contribution in [0.4, 0.5) is 0 Å². The highest BCUT2D eigenvalue weighted by Gasteiger charge is 2.34. The third-order valence-electron chi connectivity index (χ3n) is 3.00. The van der Waals surface area contributed by atoms with Gasteiger partial charge in [0.1, 0.15) is 0 Å². The summed E-state index contributed by atoms with van der Waals surface area (Å²) in [5, 5.41) is 23.1. The third-order valence-corrected chi connectivity index (χ3v) is 3.00. The van der Waals surface area contributed by atoms with Crippen molar-refractivity contribution >= 4 is 11.9 Å². The fourth-order valence-corrected chi connectivity index (χ4v) is 1.70. The minimum Gasteiger partial charge on any atom is -0.479 e. The van der Waals surface area contributed by atoms with Gasteiger partial charge in [0, 0.05) is 5.41 Å². The molecule has 1 fully saturated rings. The number of aliphatic carboxylic acids is 1. The van der Waals surface area contributed by atoms with E-state index in [0.717, 1.165) is 25.9 Å². The van der Waals surface area contributed by atoms with E-state index in [4.69, 9.17) is 10.2 Å². The molecule has 4 N–H and O–H groups in total. The molecule has 1 saturated heterocycles. The molecule has 0 aliphatic carbocycles. The summed E-state index contributed by atoms with van der Waals surface area (Å²) in [5.41, 5.74) is -0.455. The second-order valence-electron chi connectivity index (χ2n) is 4.37. The van der Waals surface area contributed by atoms with Gasteiger partial charge in [0.2, 0.25) is 5.91 Å². The average Bonchev–Trinajstić information content (AvgIpc) is 2.26. The first kappa shape index (κ1) is 12.9. The van der Waals surface area contributed by atoms with E-state index in [-0.39, 0.29) is 12.5 Å². The standard InChI is InChI=1S/C10H18N2O4/c1-10(2-4-11-5-3-10)9(16)12-6-7(13)8(14)15/h7,11,13H,2-6H2,1H3,(H,12,16)(H,14,15). The molecule has 0 radical (unpaired) electrons. The zero-order chi connectivity index (χ0) is 12.2. The molecule has 92 valence electrons. The summed E-state index contributed by atoms with van der Waals surface area (Å²) in [7, 11) is 0. The molecule has 0 bridgehead atoms. The van der Waals surface area contributed by atoms with Crippen molar-refractivity contribution in [1.29, 1.82) is 0 Å². The molecule has 1 aliphatic rings. The lowest BCUT2D eigenvalue weighted by Gasteiger charge is -2.32. The molecule has 1 amide bonds. The van der Waals surface area contributed by atoms with Gasteiger partial charge >= 0.3 is 5.97 Å². The van der Waals surface area contributed by atoms with E-state index >= 15 is 0 Å². The number of carboxylic acids is 1. The van der Waals surface area contributed by atoms with Crippen LogP contribution >= 0.6 is 0 Å². The van der Waals surface area contributed by atoms with Gasteiger partial charge in [-0.3, -0.25) is 4.79 Å². The Morgan fingerprint density at radius 1 is 1.44 bits per heavy atom. The molecular formula is C10H18N2O4. The number of rotatable bonds is 4. The van der Waals surface area contributed by atoms with Gasteiger partial charge in [-0.2, -0.15) is 0 Å². The van der Waals surface area contributed by atoms with Gasteiger partial charge in [0.15, 0.2) is 6.10 Å². The van der Waals surface area contributed by atoms with Crippen LogP contribution in [-0.2, 0) is 9.59 Å². The number of hydrogen-bond donors (Lipinski definition) is 4. The number of hydrogen-bond acceptors (Lipinski definition) is 4. The number of carbonyl (C=O) groups is 2. The molecular weight excluding hydrogens is 212 g/mol. The highest BCUT2D eigenvalue weighted by atomic mass is 16.4. The minimum absolute atomic E-state index is 0.186. The fraction of sp³-hybridized carbons (Fsp3) is 0.800. The van der Waals surface area contributed by atoms with Crippen molar-refractivity contribution in [2.24, 2.45) is 5.41 Å². The maximum absolute atomic E-state index is 11.8. The maximum Gasteiger partial charge on any atom is 0.334 e. The van der Waals surface area contributed by atoms with E-state index in [2.05, 4.69) is 10.6 Å². The summed E-state index contributed by atoms with van der Waals surface area (Å²) in [5.74, 6) is -1.51. The van der Waals surface area contributed by atoms with Crippen molar-refractivity contribution in [2.45, 2.75) is 25.9 Å². The largest absolute Gasteiger partial charge is 0.479 e. The number of aliphatic hydroxyl groups is 1. The summed E-state index contributed by atoms with van der Waals surface area (Å²) < 4.78 is 0. The Morgan fingerprint density at radius 3 is 2.50 bits per heavy atom. The highest BCUT2D eigenvalue weighted by molar-refractivity contribution is 5.83. The van der Waals surface area contributed by atoms with Crippen LogP contribution in [0.3, 0.4) is 0 Å². The number of aliphatic hydroxyl groups excluding tert-OH is 1. The normalized spacial score (nSPS) is 21.1. The fourth-order valence-electron chi connectivity index (χ4n) is 1.70. The molecule has 0 aromatic rings. The molecule has 6 heteroatoms. The summed E-state index contributed by atoms with van der Waals surface area (Å²) >= 11 is 0. The van der Waals surface area contributed by atoms with Gasteiger partial charge < -0.3 is 20.8 Å². The minimum atomic E-state index is -1.53. The van der Waals surface area contributed by atoms with Crippen LogP contribution in [0.5, 0.6) is 0 Å². The first-order chi connectivity index (χ1) is 7.46. The topological polar surface area (TPSA) is 98.7 Å². The van der Waals surface area contributed by atoms with Gasteiger partial charge in [0.25, 0.3) is 0 Å². The molecule has 1 aliphatic heterocycles. The van der Waals surface area contributed by atoms with Crippen molar-refractivity contribution < 1.29 is 19.8 Å².